The molecule has 1 aliphatic carbocycles. The van der Waals surface area contributed by atoms with Crippen LogP contribution in [0.15, 0.2) is 47.8 Å². The molecule has 1 aliphatic rings. The number of aromatic nitrogens is 1. The minimum atomic E-state index is -0.455. The van der Waals surface area contributed by atoms with Gasteiger partial charge in [-0.25, -0.2) is 4.79 Å². The zero-order valence-corrected chi connectivity index (χ0v) is 16.4. The average molecular weight is 395 g/mol. The van der Waals surface area contributed by atoms with Gasteiger partial charge < -0.3 is 14.5 Å². The number of benzene rings is 1. The van der Waals surface area contributed by atoms with E-state index in [9.17, 15) is 9.59 Å². The lowest BCUT2D eigenvalue weighted by Gasteiger charge is -2.20. The number of ketones is 1. The average Bonchev–Trinajstić information content (AvgIpc) is 3.34. The van der Waals surface area contributed by atoms with Crippen molar-refractivity contribution in [2.24, 2.45) is 0 Å². The summed E-state index contributed by atoms with van der Waals surface area (Å²) in [5.74, 6) is 0.528. The second-order valence-corrected chi connectivity index (χ2v) is 7.80. The van der Waals surface area contributed by atoms with E-state index in [-0.39, 0.29) is 24.9 Å². The lowest BCUT2D eigenvalue weighted by Crippen LogP contribution is -2.17. The van der Waals surface area contributed by atoms with E-state index in [1.54, 1.807) is 18.3 Å². The summed E-state index contributed by atoms with van der Waals surface area (Å²) in [5, 5.41) is 2.02. The van der Waals surface area contributed by atoms with Crippen LogP contribution in [0.4, 0.5) is 0 Å². The van der Waals surface area contributed by atoms with E-state index in [4.69, 9.17) is 9.47 Å². The van der Waals surface area contributed by atoms with Gasteiger partial charge in [0.25, 0.3) is 0 Å². The number of nitrogens with one attached hydrogen (secondary N) is 1. The predicted octanol–water partition coefficient (Wildman–Crippen LogP) is 4.53. The number of rotatable bonds is 6. The third-order valence-corrected chi connectivity index (χ3v) is 6.00. The van der Waals surface area contributed by atoms with Gasteiger partial charge in [0.15, 0.2) is 5.78 Å². The van der Waals surface area contributed by atoms with E-state index in [0.29, 0.717) is 23.2 Å². The SMILES string of the molecule is Cc1c(C(=O)OCCOc2ccccc2)[nH]c2c1C(=O)CC(c1cccs1)C2. The van der Waals surface area contributed by atoms with Crippen LogP contribution in [-0.2, 0) is 11.2 Å². The number of para-hydroxylation sites is 1. The fourth-order valence-corrected chi connectivity index (χ4v) is 4.48. The maximum atomic E-state index is 12.7. The van der Waals surface area contributed by atoms with E-state index in [2.05, 4.69) is 11.1 Å². The number of Topliss-reactive ketones (excluding diaryl/α,β-unsaturated/α-hetero) is 1. The van der Waals surface area contributed by atoms with Crippen molar-refractivity contribution in [1.29, 1.82) is 0 Å². The molecule has 0 saturated carbocycles. The number of carbonyl (C=O) groups excluding carboxylic acids is 2. The number of fused-ring (bicyclic) bond motifs is 1. The molecule has 2 heterocycles. The zero-order chi connectivity index (χ0) is 19.5. The Bertz CT molecular complexity index is 976. The Kier molecular flexibility index (Phi) is 5.30. The van der Waals surface area contributed by atoms with Crippen molar-refractivity contribution in [3.8, 4) is 5.75 Å². The Morgan fingerprint density at radius 3 is 2.71 bits per heavy atom. The van der Waals surface area contributed by atoms with Gasteiger partial charge >= 0.3 is 5.97 Å². The van der Waals surface area contributed by atoms with Crippen LogP contribution < -0.4 is 4.74 Å². The molecule has 0 radical (unpaired) electrons. The minimum Gasteiger partial charge on any atom is -0.490 e. The normalized spacial score (nSPS) is 15.9. The van der Waals surface area contributed by atoms with Crippen LogP contribution >= 0.6 is 11.3 Å². The first-order chi connectivity index (χ1) is 13.6. The van der Waals surface area contributed by atoms with Crippen molar-refractivity contribution in [2.75, 3.05) is 13.2 Å². The largest absolute Gasteiger partial charge is 0.490 e. The van der Waals surface area contributed by atoms with Crippen molar-refractivity contribution in [1.82, 2.24) is 4.98 Å². The second-order valence-electron chi connectivity index (χ2n) is 6.82. The smallest absolute Gasteiger partial charge is 0.355 e. The molecule has 5 nitrogen and oxygen atoms in total. The molecular weight excluding hydrogens is 374 g/mol. The number of thiophene rings is 1. The van der Waals surface area contributed by atoms with Gasteiger partial charge in [-0.1, -0.05) is 24.3 Å². The third kappa shape index (κ3) is 3.73. The van der Waals surface area contributed by atoms with Gasteiger partial charge in [0, 0.05) is 28.5 Å². The molecule has 1 unspecified atom stereocenters. The predicted molar refractivity (Wildman–Crippen MR) is 107 cm³/mol. The molecule has 0 aliphatic heterocycles. The van der Waals surface area contributed by atoms with Gasteiger partial charge in [-0.05, 0) is 42.5 Å². The highest BCUT2D eigenvalue weighted by Gasteiger charge is 2.32. The Hall–Kier alpha value is -2.86. The summed E-state index contributed by atoms with van der Waals surface area (Å²) in [5.41, 5.74) is 2.53. The molecule has 1 N–H and O–H groups in total. The summed E-state index contributed by atoms with van der Waals surface area (Å²) in [7, 11) is 0. The van der Waals surface area contributed by atoms with Gasteiger partial charge in [0.05, 0.1) is 0 Å². The first-order valence-corrected chi connectivity index (χ1v) is 10.1. The van der Waals surface area contributed by atoms with Crippen LogP contribution in [0, 0.1) is 6.92 Å². The molecule has 0 spiro atoms. The number of H-pyrrole nitrogens is 1. The van der Waals surface area contributed by atoms with Crippen molar-refractivity contribution >= 4 is 23.1 Å². The minimum absolute atomic E-state index is 0.0832. The number of carbonyl (C=O) groups is 2. The van der Waals surface area contributed by atoms with Crippen LogP contribution in [0.5, 0.6) is 5.75 Å². The van der Waals surface area contributed by atoms with Gasteiger partial charge in [0.1, 0.15) is 24.7 Å². The highest BCUT2D eigenvalue weighted by molar-refractivity contribution is 7.10. The summed E-state index contributed by atoms with van der Waals surface area (Å²) < 4.78 is 10.9. The summed E-state index contributed by atoms with van der Waals surface area (Å²) in [6.45, 7) is 2.22. The van der Waals surface area contributed by atoms with Gasteiger partial charge in [-0.15, -0.1) is 11.3 Å². The fraction of sp³-hybridized carbons (Fsp3) is 0.273. The number of aromatic amines is 1. The first kappa shape index (κ1) is 18.5. The fourth-order valence-electron chi connectivity index (χ4n) is 3.65. The van der Waals surface area contributed by atoms with Crippen molar-refractivity contribution in [3.63, 3.8) is 0 Å². The zero-order valence-electron chi connectivity index (χ0n) is 15.6. The van der Waals surface area contributed by atoms with Crippen LogP contribution in [-0.4, -0.2) is 30.0 Å². The number of hydrogen-bond donors (Lipinski definition) is 1. The molecule has 1 atom stereocenters. The molecule has 3 aromatic rings. The molecule has 28 heavy (non-hydrogen) atoms. The molecule has 0 amide bonds. The standard InChI is InChI=1S/C22H21NO4S/c1-14-20-17(12-15(13-18(20)24)19-8-5-11-28-19)23-21(14)22(25)27-10-9-26-16-6-3-2-4-7-16/h2-8,11,15,23H,9-10,12-13H2,1H3. The maximum absolute atomic E-state index is 12.7. The highest BCUT2D eigenvalue weighted by atomic mass is 32.1. The Balaban J connectivity index is 1.41. The van der Waals surface area contributed by atoms with E-state index in [1.807, 2.05) is 41.8 Å². The molecule has 144 valence electrons. The highest BCUT2D eigenvalue weighted by Crippen LogP contribution is 2.36. The summed E-state index contributed by atoms with van der Waals surface area (Å²) in [6, 6.07) is 13.4. The van der Waals surface area contributed by atoms with Crippen LogP contribution in [0.3, 0.4) is 0 Å². The first-order valence-electron chi connectivity index (χ1n) is 9.26. The number of hydrogen-bond acceptors (Lipinski definition) is 5. The third-order valence-electron chi connectivity index (χ3n) is 4.97. The maximum Gasteiger partial charge on any atom is 0.355 e. The molecule has 0 fully saturated rings. The quantitative estimate of drug-likeness (QED) is 0.492. The Morgan fingerprint density at radius 1 is 1.14 bits per heavy atom. The van der Waals surface area contributed by atoms with Gasteiger partial charge in [0.2, 0.25) is 0 Å². The molecule has 6 heteroatoms. The number of ether oxygens (including phenoxy) is 2. The summed E-state index contributed by atoms with van der Waals surface area (Å²) in [4.78, 5) is 29.5. The lowest BCUT2D eigenvalue weighted by atomic mass is 9.84. The van der Waals surface area contributed by atoms with E-state index in [0.717, 1.165) is 17.9 Å². The molecule has 0 saturated heterocycles. The van der Waals surface area contributed by atoms with Crippen molar-refractivity contribution in [3.05, 3.63) is 75.2 Å². The monoisotopic (exact) mass is 395 g/mol. The molecule has 1 aromatic carbocycles. The van der Waals surface area contributed by atoms with E-state index < -0.39 is 5.97 Å². The topological polar surface area (TPSA) is 68.4 Å². The summed E-state index contributed by atoms with van der Waals surface area (Å²) >= 11 is 1.66. The molecule has 4 rings (SSSR count). The lowest BCUT2D eigenvalue weighted by molar-refractivity contribution is 0.0443. The molecule has 2 aromatic heterocycles. The van der Waals surface area contributed by atoms with E-state index in [1.165, 1.54) is 4.88 Å². The number of esters is 1. The Morgan fingerprint density at radius 2 is 1.96 bits per heavy atom. The van der Waals surface area contributed by atoms with Gasteiger partial charge in [-0.2, -0.15) is 0 Å². The summed E-state index contributed by atoms with van der Waals surface area (Å²) in [6.07, 6.45) is 1.21. The van der Waals surface area contributed by atoms with Crippen LogP contribution in [0.1, 0.15) is 49.3 Å². The van der Waals surface area contributed by atoms with Crippen molar-refractivity contribution < 1.29 is 19.1 Å². The molecule has 0 bridgehead atoms. The second kappa shape index (κ2) is 8.02. The van der Waals surface area contributed by atoms with Crippen LogP contribution in [0.2, 0.25) is 0 Å². The van der Waals surface area contributed by atoms with E-state index >= 15 is 0 Å². The van der Waals surface area contributed by atoms with Crippen LogP contribution in [0.25, 0.3) is 0 Å². The van der Waals surface area contributed by atoms with Gasteiger partial charge in [-0.3, -0.25) is 4.79 Å². The Labute approximate surface area is 167 Å². The van der Waals surface area contributed by atoms with Crippen molar-refractivity contribution in [2.45, 2.75) is 25.7 Å². The molecular formula is C22H21NO4S.